The van der Waals surface area contributed by atoms with Crippen LogP contribution in [0.5, 0.6) is 0 Å². The fourth-order valence-electron chi connectivity index (χ4n) is 1.50. The Morgan fingerprint density at radius 1 is 1.28 bits per heavy atom. The van der Waals surface area contributed by atoms with E-state index in [1.807, 2.05) is 0 Å². The predicted molar refractivity (Wildman–Crippen MR) is 69.8 cm³/mol. The number of anilines is 1. The van der Waals surface area contributed by atoms with Crippen LogP contribution in [0.4, 0.5) is 10.1 Å². The molecule has 0 radical (unpaired) electrons. The first-order valence-electron chi connectivity index (χ1n) is 5.02. The van der Waals surface area contributed by atoms with Crippen LogP contribution < -0.4 is 5.06 Å². The molecule has 1 aromatic carbocycles. The van der Waals surface area contributed by atoms with Crippen molar-refractivity contribution in [2.45, 2.75) is 0 Å². The maximum Gasteiger partial charge on any atom is 0.132 e. The molecule has 94 valence electrons. The van der Waals surface area contributed by atoms with Crippen LogP contribution in [-0.4, -0.2) is 17.2 Å². The van der Waals surface area contributed by atoms with E-state index in [1.165, 1.54) is 37.5 Å². The summed E-state index contributed by atoms with van der Waals surface area (Å²) in [5.74, 6) is -0.437. The Morgan fingerprint density at radius 3 is 2.61 bits per heavy atom. The molecule has 1 aromatic heterocycles. The van der Waals surface area contributed by atoms with E-state index in [4.69, 9.17) is 23.2 Å². The molecule has 0 aliphatic heterocycles. The van der Waals surface area contributed by atoms with Gasteiger partial charge in [-0.15, -0.1) is 0 Å². The smallest absolute Gasteiger partial charge is 0.132 e. The highest BCUT2D eigenvalue weighted by molar-refractivity contribution is 6.33. The van der Waals surface area contributed by atoms with Crippen molar-refractivity contribution < 1.29 is 9.60 Å². The average molecular weight is 287 g/mol. The Hall–Kier alpha value is -1.36. The molecule has 6 heteroatoms. The molecule has 0 saturated heterocycles. The maximum absolute atomic E-state index is 13.6. The van der Waals surface area contributed by atoms with Gasteiger partial charge in [-0.3, -0.25) is 15.3 Å². The number of hydrogen-bond donors (Lipinski definition) is 1. The van der Waals surface area contributed by atoms with E-state index < -0.39 is 5.82 Å². The summed E-state index contributed by atoms with van der Waals surface area (Å²) in [4.78, 5) is 4.05. The monoisotopic (exact) mass is 286 g/mol. The van der Waals surface area contributed by atoms with Gasteiger partial charge in [0.1, 0.15) is 5.82 Å². The number of pyridine rings is 1. The van der Waals surface area contributed by atoms with E-state index in [0.29, 0.717) is 16.4 Å². The number of benzene rings is 1. The molecule has 0 amide bonds. The molecular weight excluding hydrogens is 278 g/mol. The third-order valence-electron chi connectivity index (χ3n) is 2.39. The van der Waals surface area contributed by atoms with Crippen LogP contribution in [0.1, 0.15) is 0 Å². The van der Waals surface area contributed by atoms with Crippen molar-refractivity contribution in [1.82, 2.24) is 4.98 Å². The third-order valence-corrected chi connectivity index (χ3v) is 2.92. The minimum atomic E-state index is -0.437. The molecule has 1 N–H and O–H groups in total. The highest BCUT2D eigenvalue weighted by atomic mass is 35.5. The zero-order chi connectivity index (χ0) is 13.3. The van der Waals surface area contributed by atoms with Crippen LogP contribution in [-0.2, 0) is 0 Å². The van der Waals surface area contributed by atoms with E-state index >= 15 is 0 Å². The Balaban J connectivity index is 2.52. The lowest BCUT2D eigenvalue weighted by atomic mass is 10.1. The summed E-state index contributed by atoms with van der Waals surface area (Å²) in [5, 5.41) is 10.8. The maximum atomic E-state index is 13.6. The van der Waals surface area contributed by atoms with Gasteiger partial charge in [-0.25, -0.2) is 4.39 Å². The Kier molecular flexibility index (Phi) is 3.71. The fourth-order valence-corrected chi connectivity index (χ4v) is 1.95. The fraction of sp³-hybridized carbons (Fsp3) is 0.0833. The van der Waals surface area contributed by atoms with Gasteiger partial charge in [0, 0.05) is 17.6 Å². The van der Waals surface area contributed by atoms with E-state index in [-0.39, 0.29) is 10.6 Å². The third kappa shape index (κ3) is 2.56. The van der Waals surface area contributed by atoms with Crippen molar-refractivity contribution in [2.75, 3.05) is 12.1 Å². The molecule has 2 aromatic rings. The number of aromatic nitrogens is 1. The molecule has 0 atom stereocenters. The van der Waals surface area contributed by atoms with Gasteiger partial charge in [0.2, 0.25) is 0 Å². The molecule has 18 heavy (non-hydrogen) atoms. The molecule has 1 heterocycles. The van der Waals surface area contributed by atoms with Crippen LogP contribution >= 0.6 is 23.2 Å². The minimum absolute atomic E-state index is 0.261. The zero-order valence-electron chi connectivity index (χ0n) is 9.36. The van der Waals surface area contributed by atoms with Gasteiger partial charge in [0.05, 0.1) is 22.6 Å². The molecule has 3 nitrogen and oxygen atoms in total. The van der Waals surface area contributed by atoms with Gasteiger partial charge in [0.25, 0.3) is 0 Å². The lowest BCUT2D eigenvalue weighted by molar-refractivity contribution is 0.279. The summed E-state index contributed by atoms with van der Waals surface area (Å²) in [6, 6.07) is 5.66. The van der Waals surface area contributed by atoms with Crippen LogP contribution in [0.2, 0.25) is 10.0 Å². The van der Waals surface area contributed by atoms with Crippen LogP contribution in [0, 0.1) is 5.82 Å². The molecule has 0 bridgehead atoms. The second-order valence-electron chi connectivity index (χ2n) is 3.67. The summed E-state index contributed by atoms with van der Waals surface area (Å²) in [6.45, 7) is 0. The van der Waals surface area contributed by atoms with Gasteiger partial charge in [0.15, 0.2) is 0 Å². The number of halogens is 3. The van der Waals surface area contributed by atoms with Crippen LogP contribution in [0.15, 0.2) is 30.5 Å². The second kappa shape index (κ2) is 5.10. The van der Waals surface area contributed by atoms with Crippen molar-refractivity contribution in [3.63, 3.8) is 0 Å². The molecule has 0 spiro atoms. The van der Waals surface area contributed by atoms with Crippen molar-refractivity contribution in [3.05, 3.63) is 46.3 Å². The van der Waals surface area contributed by atoms with Gasteiger partial charge < -0.3 is 0 Å². The summed E-state index contributed by atoms with van der Waals surface area (Å²) in [6.07, 6.45) is 1.36. The normalized spacial score (nSPS) is 10.5. The quantitative estimate of drug-likeness (QED) is 0.847. The minimum Gasteiger partial charge on any atom is -0.289 e. The Labute approximate surface area is 113 Å². The standard InChI is InChI=1S/C12H9Cl2FN2O/c1-17(18)12-6-16-11(5-9(12)14)8-4-7(13)2-3-10(8)15/h2-6,18H,1H3. The number of rotatable bonds is 2. The number of hydroxylamine groups is 1. The molecule has 0 fully saturated rings. The summed E-state index contributed by atoms with van der Waals surface area (Å²) >= 11 is 11.8. The average Bonchev–Trinajstić information content (AvgIpc) is 2.31. The van der Waals surface area contributed by atoms with Gasteiger partial charge in [-0.2, -0.15) is 0 Å². The van der Waals surface area contributed by atoms with Crippen molar-refractivity contribution in [2.24, 2.45) is 0 Å². The number of nitrogens with zero attached hydrogens (tertiary/aromatic N) is 2. The first kappa shape index (κ1) is 13.1. The second-order valence-corrected chi connectivity index (χ2v) is 4.51. The highest BCUT2D eigenvalue weighted by Gasteiger charge is 2.11. The predicted octanol–water partition coefficient (Wildman–Crippen LogP) is 4.02. The van der Waals surface area contributed by atoms with Crippen molar-refractivity contribution >= 4 is 28.9 Å². The van der Waals surface area contributed by atoms with E-state index in [1.54, 1.807) is 0 Å². The zero-order valence-corrected chi connectivity index (χ0v) is 10.9. The number of hydrogen-bond acceptors (Lipinski definition) is 3. The molecule has 0 aliphatic carbocycles. The molecular formula is C12H9Cl2FN2O. The van der Waals surface area contributed by atoms with E-state index in [9.17, 15) is 9.60 Å². The Bertz CT molecular complexity index is 590. The first-order chi connectivity index (χ1) is 8.49. The van der Waals surface area contributed by atoms with Gasteiger partial charge >= 0.3 is 0 Å². The van der Waals surface area contributed by atoms with Crippen molar-refractivity contribution in [1.29, 1.82) is 0 Å². The molecule has 0 saturated carbocycles. The summed E-state index contributed by atoms with van der Waals surface area (Å²) in [7, 11) is 1.42. The lowest BCUT2D eigenvalue weighted by Gasteiger charge is -2.12. The summed E-state index contributed by atoms with van der Waals surface area (Å²) in [5.41, 5.74) is 0.949. The highest BCUT2D eigenvalue weighted by Crippen LogP contribution is 2.30. The topological polar surface area (TPSA) is 36.4 Å². The molecule has 0 aliphatic rings. The SMILES string of the molecule is CN(O)c1cnc(-c2cc(Cl)ccc2F)cc1Cl. The lowest BCUT2D eigenvalue weighted by Crippen LogP contribution is -2.10. The van der Waals surface area contributed by atoms with Crippen molar-refractivity contribution in [3.8, 4) is 11.3 Å². The first-order valence-corrected chi connectivity index (χ1v) is 5.78. The summed E-state index contributed by atoms with van der Waals surface area (Å²) < 4.78 is 13.6. The van der Waals surface area contributed by atoms with E-state index in [0.717, 1.165) is 5.06 Å². The molecule has 2 rings (SSSR count). The van der Waals surface area contributed by atoms with Gasteiger partial charge in [-0.1, -0.05) is 23.2 Å². The Morgan fingerprint density at radius 2 is 2.00 bits per heavy atom. The van der Waals surface area contributed by atoms with Gasteiger partial charge in [-0.05, 0) is 24.3 Å². The van der Waals surface area contributed by atoms with Crippen LogP contribution in [0.25, 0.3) is 11.3 Å². The largest absolute Gasteiger partial charge is 0.289 e. The van der Waals surface area contributed by atoms with Crippen LogP contribution in [0.3, 0.4) is 0 Å². The van der Waals surface area contributed by atoms with E-state index in [2.05, 4.69) is 4.98 Å². The molecule has 0 unspecified atom stereocenters.